The lowest BCUT2D eigenvalue weighted by atomic mass is 9.82. The van der Waals surface area contributed by atoms with E-state index in [0.29, 0.717) is 24.4 Å². The standard InChI is InChI=1S/C16H27NO2/c1-11-3-2-4-13(7-11)17-14-5-6-15(17)9-12(8-14)10-16(18)19/h11-15H,2-10H2,1H3,(H,18,19). The van der Waals surface area contributed by atoms with Gasteiger partial charge in [0.25, 0.3) is 0 Å². The molecule has 2 aliphatic heterocycles. The molecule has 1 saturated carbocycles. The molecule has 0 aromatic rings. The predicted octanol–water partition coefficient (Wildman–Crippen LogP) is 3.28. The molecule has 0 radical (unpaired) electrons. The quantitative estimate of drug-likeness (QED) is 0.851. The molecule has 3 aliphatic rings. The van der Waals surface area contributed by atoms with Gasteiger partial charge in [0.05, 0.1) is 0 Å². The van der Waals surface area contributed by atoms with Crippen LogP contribution in [0.2, 0.25) is 0 Å². The van der Waals surface area contributed by atoms with Gasteiger partial charge in [0.2, 0.25) is 0 Å². The summed E-state index contributed by atoms with van der Waals surface area (Å²) in [6.07, 6.45) is 10.8. The summed E-state index contributed by atoms with van der Waals surface area (Å²) in [5, 5.41) is 8.99. The summed E-state index contributed by atoms with van der Waals surface area (Å²) in [7, 11) is 0. The molecule has 1 aliphatic carbocycles. The summed E-state index contributed by atoms with van der Waals surface area (Å²) in [5.41, 5.74) is 0. The Hall–Kier alpha value is -0.570. The van der Waals surface area contributed by atoms with Gasteiger partial charge in [-0.05, 0) is 50.4 Å². The van der Waals surface area contributed by atoms with Crippen LogP contribution in [0.5, 0.6) is 0 Å². The van der Waals surface area contributed by atoms with E-state index in [2.05, 4.69) is 11.8 Å². The van der Waals surface area contributed by atoms with E-state index in [9.17, 15) is 4.79 Å². The van der Waals surface area contributed by atoms with Crippen LogP contribution in [0.15, 0.2) is 0 Å². The highest BCUT2D eigenvalue weighted by Crippen LogP contribution is 2.44. The van der Waals surface area contributed by atoms with Gasteiger partial charge in [-0.2, -0.15) is 0 Å². The normalized spacial score (nSPS) is 43.3. The molecule has 3 heteroatoms. The smallest absolute Gasteiger partial charge is 0.303 e. The molecule has 3 fully saturated rings. The molecule has 108 valence electrons. The van der Waals surface area contributed by atoms with E-state index in [0.717, 1.165) is 24.8 Å². The zero-order valence-corrected chi connectivity index (χ0v) is 12.1. The zero-order chi connectivity index (χ0) is 13.4. The van der Waals surface area contributed by atoms with Gasteiger partial charge in [0, 0.05) is 24.5 Å². The number of piperidine rings is 1. The Morgan fingerprint density at radius 3 is 2.26 bits per heavy atom. The van der Waals surface area contributed by atoms with E-state index in [4.69, 9.17) is 5.11 Å². The fraction of sp³-hybridized carbons (Fsp3) is 0.938. The summed E-state index contributed by atoms with van der Waals surface area (Å²) in [5.74, 6) is 0.714. The monoisotopic (exact) mass is 265 g/mol. The average Bonchev–Trinajstić information content (AvgIpc) is 2.61. The number of nitrogens with zero attached hydrogens (tertiary/aromatic N) is 1. The maximum absolute atomic E-state index is 10.9. The lowest BCUT2D eigenvalue weighted by molar-refractivity contribution is -0.138. The maximum Gasteiger partial charge on any atom is 0.303 e. The van der Waals surface area contributed by atoms with E-state index in [1.54, 1.807) is 0 Å². The molecule has 2 bridgehead atoms. The van der Waals surface area contributed by atoms with E-state index in [1.165, 1.54) is 38.5 Å². The molecule has 2 saturated heterocycles. The number of carbonyl (C=O) groups is 1. The maximum atomic E-state index is 10.9. The van der Waals surface area contributed by atoms with Gasteiger partial charge in [-0.25, -0.2) is 0 Å². The van der Waals surface area contributed by atoms with Gasteiger partial charge >= 0.3 is 5.97 Å². The highest BCUT2D eigenvalue weighted by molar-refractivity contribution is 5.67. The minimum absolute atomic E-state index is 0.391. The van der Waals surface area contributed by atoms with Crippen LogP contribution in [0.4, 0.5) is 0 Å². The summed E-state index contributed by atoms with van der Waals surface area (Å²) < 4.78 is 0. The molecular weight excluding hydrogens is 238 g/mol. The number of rotatable bonds is 3. The van der Waals surface area contributed by atoms with Crippen molar-refractivity contribution in [1.29, 1.82) is 0 Å². The van der Waals surface area contributed by atoms with Crippen LogP contribution in [0.25, 0.3) is 0 Å². The SMILES string of the molecule is CC1CCCC(N2C3CCC2CC(CC(=O)O)C3)C1. The van der Waals surface area contributed by atoms with Crippen molar-refractivity contribution in [2.45, 2.75) is 82.8 Å². The summed E-state index contributed by atoms with van der Waals surface area (Å²) in [6.45, 7) is 2.39. The number of aliphatic carboxylic acids is 1. The molecule has 19 heavy (non-hydrogen) atoms. The largest absolute Gasteiger partial charge is 0.481 e. The van der Waals surface area contributed by atoms with Crippen molar-refractivity contribution in [3.63, 3.8) is 0 Å². The van der Waals surface area contributed by atoms with Crippen molar-refractivity contribution < 1.29 is 9.90 Å². The number of carboxylic acid groups (broad SMARTS) is 1. The van der Waals surface area contributed by atoms with Crippen LogP contribution >= 0.6 is 0 Å². The first kappa shape index (κ1) is 13.4. The third-order valence-electron chi connectivity index (χ3n) is 5.68. The first-order chi connectivity index (χ1) is 9.13. The summed E-state index contributed by atoms with van der Waals surface area (Å²) in [4.78, 5) is 13.7. The third kappa shape index (κ3) is 2.81. The van der Waals surface area contributed by atoms with Crippen LogP contribution in [0, 0.1) is 11.8 Å². The highest BCUT2D eigenvalue weighted by atomic mass is 16.4. The Bertz CT molecular complexity index is 330. The topological polar surface area (TPSA) is 40.5 Å². The van der Waals surface area contributed by atoms with Gasteiger partial charge in [0.1, 0.15) is 0 Å². The minimum Gasteiger partial charge on any atom is -0.481 e. The van der Waals surface area contributed by atoms with Crippen LogP contribution in [-0.2, 0) is 4.79 Å². The summed E-state index contributed by atoms with van der Waals surface area (Å²) in [6, 6.07) is 2.18. The average molecular weight is 265 g/mol. The molecule has 3 rings (SSSR count). The molecule has 0 spiro atoms. The molecule has 0 amide bonds. The zero-order valence-electron chi connectivity index (χ0n) is 12.1. The predicted molar refractivity (Wildman–Crippen MR) is 75.0 cm³/mol. The van der Waals surface area contributed by atoms with Gasteiger partial charge in [-0.1, -0.05) is 19.8 Å². The van der Waals surface area contributed by atoms with Crippen LogP contribution in [-0.4, -0.2) is 34.1 Å². The van der Waals surface area contributed by atoms with Crippen molar-refractivity contribution >= 4 is 5.97 Å². The molecule has 3 nitrogen and oxygen atoms in total. The van der Waals surface area contributed by atoms with Crippen LogP contribution < -0.4 is 0 Å². The van der Waals surface area contributed by atoms with Crippen molar-refractivity contribution in [1.82, 2.24) is 4.90 Å². The fourth-order valence-electron chi connectivity index (χ4n) is 5.01. The Morgan fingerprint density at radius 2 is 1.68 bits per heavy atom. The second-order valence-corrected chi connectivity index (χ2v) is 7.19. The fourth-order valence-corrected chi connectivity index (χ4v) is 5.01. The molecule has 2 heterocycles. The van der Waals surface area contributed by atoms with Gasteiger partial charge < -0.3 is 5.11 Å². The van der Waals surface area contributed by atoms with E-state index < -0.39 is 5.97 Å². The summed E-state index contributed by atoms with van der Waals surface area (Å²) >= 11 is 0. The van der Waals surface area contributed by atoms with Gasteiger partial charge in [0.15, 0.2) is 0 Å². The van der Waals surface area contributed by atoms with Crippen molar-refractivity contribution in [3.05, 3.63) is 0 Å². The van der Waals surface area contributed by atoms with Gasteiger partial charge in [-0.3, -0.25) is 9.69 Å². The first-order valence-corrected chi connectivity index (χ1v) is 8.12. The molecule has 1 N–H and O–H groups in total. The first-order valence-electron chi connectivity index (χ1n) is 8.12. The highest BCUT2D eigenvalue weighted by Gasteiger charge is 2.44. The lowest BCUT2D eigenvalue weighted by Gasteiger charge is -2.45. The molecule has 4 unspecified atom stereocenters. The van der Waals surface area contributed by atoms with Gasteiger partial charge in [-0.15, -0.1) is 0 Å². The molecule has 4 atom stereocenters. The van der Waals surface area contributed by atoms with E-state index >= 15 is 0 Å². The number of hydrogen-bond donors (Lipinski definition) is 1. The molecule has 0 aromatic carbocycles. The Kier molecular flexibility index (Phi) is 3.84. The Labute approximate surface area is 116 Å². The van der Waals surface area contributed by atoms with Crippen LogP contribution in [0.3, 0.4) is 0 Å². The van der Waals surface area contributed by atoms with Crippen molar-refractivity contribution in [3.8, 4) is 0 Å². The minimum atomic E-state index is -0.607. The van der Waals surface area contributed by atoms with Crippen LogP contribution in [0.1, 0.15) is 64.7 Å². The van der Waals surface area contributed by atoms with Crippen molar-refractivity contribution in [2.75, 3.05) is 0 Å². The van der Waals surface area contributed by atoms with E-state index in [-0.39, 0.29) is 0 Å². The second kappa shape index (κ2) is 5.43. The number of carboxylic acids is 1. The Morgan fingerprint density at radius 1 is 1.05 bits per heavy atom. The van der Waals surface area contributed by atoms with E-state index in [1.807, 2.05) is 0 Å². The Balaban J connectivity index is 1.64. The number of fused-ring (bicyclic) bond motifs is 2. The molecular formula is C16H27NO2. The van der Waals surface area contributed by atoms with Crippen molar-refractivity contribution in [2.24, 2.45) is 11.8 Å². The lowest BCUT2D eigenvalue weighted by Crippen LogP contribution is -2.50. The number of hydrogen-bond acceptors (Lipinski definition) is 2. The second-order valence-electron chi connectivity index (χ2n) is 7.19. The molecule has 0 aromatic heterocycles. The third-order valence-corrected chi connectivity index (χ3v) is 5.68.